The molecule has 0 bridgehead atoms. The van der Waals surface area contributed by atoms with Gasteiger partial charge in [-0.3, -0.25) is 4.79 Å². The van der Waals surface area contributed by atoms with Crippen LogP contribution in [-0.2, 0) is 27.2 Å². The normalized spacial score (nSPS) is 17.8. The number of rotatable bonds is 11. The van der Waals surface area contributed by atoms with E-state index in [1.807, 2.05) is 16.7 Å². The number of likely N-dealkylation sites (tertiary alicyclic amines) is 1. The van der Waals surface area contributed by atoms with Gasteiger partial charge in [0.2, 0.25) is 5.91 Å². The Morgan fingerprint density at radius 2 is 1.68 bits per heavy atom. The van der Waals surface area contributed by atoms with Gasteiger partial charge in [0.25, 0.3) is 0 Å². The third kappa shape index (κ3) is 9.10. The van der Waals surface area contributed by atoms with Crippen LogP contribution in [0.3, 0.4) is 0 Å². The van der Waals surface area contributed by atoms with Gasteiger partial charge in [-0.25, -0.2) is 4.39 Å². The predicted octanol–water partition coefficient (Wildman–Crippen LogP) is 5.76. The first-order valence-electron chi connectivity index (χ1n) is 13.7. The van der Waals surface area contributed by atoms with Crippen LogP contribution >= 0.6 is 11.8 Å². The molecule has 5 nitrogen and oxygen atoms in total. The Morgan fingerprint density at radius 1 is 1.03 bits per heavy atom. The summed E-state index contributed by atoms with van der Waals surface area (Å²) in [7, 11) is 0. The minimum absolute atomic E-state index is 0.0850. The summed E-state index contributed by atoms with van der Waals surface area (Å²) in [6.45, 7) is 9.37. The van der Waals surface area contributed by atoms with Crippen LogP contribution in [0.4, 0.5) is 4.39 Å². The van der Waals surface area contributed by atoms with Crippen molar-refractivity contribution < 1.29 is 18.7 Å². The van der Waals surface area contributed by atoms with Crippen molar-refractivity contribution in [2.24, 2.45) is 5.92 Å². The Labute approximate surface area is 225 Å². The zero-order chi connectivity index (χ0) is 26.0. The molecule has 37 heavy (non-hydrogen) atoms. The SMILES string of the molecule is CC(C)CSc1ccc(CC(=O)N(Cc2ccc(F)cc2)C2CCN(CCC3OCCCO3)CC2)cc1. The van der Waals surface area contributed by atoms with Crippen molar-refractivity contribution >= 4 is 17.7 Å². The van der Waals surface area contributed by atoms with Gasteiger partial charge in [-0.15, -0.1) is 11.8 Å². The largest absolute Gasteiger partial charge is 0.353 e. The third-order valence-corrected chi connectivity index (χ3v) is 8.46. The lowest BCUT2D eigenvalue weighted by atomic mass is 10.0. The lowest BCUT2D eigenvalue weighted by molar-refractivity contribution is -0.182. The minimum Gasteiger partial charge on any atom is -0.353 e. The Bertz CT molecular complexity index is 956. The predicted molar refractivity (Wildman–Crippen MR) is 147 cm³/mol. The average molecular weight is 529 g/mol. The molecular weight excluding hydrogens is 487 g/mol. The van der Waals surface area contributed by atoms with Gasteiger partial charge >= 0.3 is 0 Å². The fourth-order valence-electron chi connectivity index (χ4n) is 4.90. The number of halogens is 1. The summed E-state index contributed by atoms with van der Waals surface area (Å²) in [6, 6.07) is 15.1. The number of benzene rings is 2. The van der Waals surface area contributed by atoms with Gasteiger partial charge in [0.05, 0.1) is 19.6 Å². The van der Waals surface area contributed by atoms with Gasteiger partial charge in [0.15, 0.2) is 6.29 Å². The van der Waals surface area contributed by atoms with Crippen molar-refractivity contribution in [2.45, 2.75) is 69.7 Å². The molecule has 0 atom stereocenters. The number of piperidine rings is 1. The Morgan fingerprint density at radius 3 is 2.32 bits per heavy atom. The summed E-state index contributed by atoms with van der Waals surface area (Å²) in [4.78, 5) is 19.3. The zero-order valence-electron chi connectivity index (χ0n) is 22.2. The molecule has 4 rings (SSSR count). The molecule has 0 aliphatic carbocycles. The summed E-state index contributed by atoms with van der Waals surface area (Å²) >= 11 is 1.85. The first-order chi connectivity index (χ1) is 18.0. The van der Waals surface area contributed by atoms with Crippen LogP contribution in [0.15, 0.2) is 53.4 Å². The molecule has 0 saturated carbocycles. The van der Waals surface area contributed by atoms with Gasteiger partial charge in [0.1, 0.15) is 5.82 Å². The van der Waals surface area contributed by atoms with Gasteiger partial charge < -0.3 is 19.3 Å². The molecule has 2 aromatic carbocycles. The number of thioether (sulfide) groups is 1. The second-order valence-electron chi connectivity index (χ2n) is 10.6. The molecule has 2 saturated heterocycles. The smallest absolute Gasteiger partial charge is 0.227 e. The quantitative estimate of drug-likeness (QED) is 0.347. The minimum atomic E-state index is -0.253. The molecule has 2 aromatic rings. The second-order valence-corrected chi connectivity index (χ2v) is 11.7. The summed E-state index contributed by atoms with van der Waals surface area (Å²) in [5, 5.41) is 0. The molecule has 2 aliphatic heterocycles. The molecule has 0 N–H and O–H groups in total. The van der Waals surface area contributed by atoms with E-state index in [0.29, 0.717) is 18.9 Å². The number of hydrogen-bond acceptors (Lipinski definition) is 5. The summed E-state index contributed by atoms with van der Waals surface area (Å²) in [5.74, 6) is 1.61. The van der Waals surface area contributed by atoms with E-state index in [4.69, 9.17) is 9.47 Å². The standard InChI is InChI=1S/C30H41FN2O3S/c1-23(2)22-37-28-10-6-24(7-11-28)20-29(34)33(21-25-4-8-26(31)9-5-25)27-12-15-32(16-13-27)17-14-30-35-18-3-19-36-30/h4-11,23,27,30H,3,12-22H2,1-2H3. The molecule has 0 aromatic heterocycles. The number of hydrogen-bond donors (Lipinski definition) is 0. The Kier molecular flexibility index (Phi) is 10.8. The van der Waals surface area contributed by atoms with Crippen molar-refractivity contribution in [3.05, 3.63) is 65.5 Å². The number of carbonyl (C=O) groups is 1. The molecule has 2 aliphatic rings. The average Bonchev–Trinajstić information content (AvgIpc) is 2.92. The maximum absolute atomic E-state index is 13.6. The van der Waals surface area contributed by atoms with Crippen LogP contribution in [0.2, 0.25) is 0 Å². The summed E-state index contributed by atoms with van der Waals surface area (Å²) < 4.78 is 24.9. The van der Waals surface area contributed by atoms with Crippen molar-refractivity contribution in [2.75, 3.05) is 38.6 Å². The van der Waals surface area contributed by atoms with Crippen molar-refractivity contribution in [1.29, 1.82) is 0 Å². The van der Waals surface area contributed by atoms with Crippen molar-refractivity contribution in [1.82, 2.24) is 9.80 Å². The van der Waals surface area contributed by atoms with Gasteiger partial charge in [-0.05, 0) is 60.6 Å². The summed E-state index contributed by atoms with van der Waals surface area (Å²) in [5.41, 5.74) is 2.00. The lowest BCUT2D eigenvalue weighted by Gasteiger charge is -2.39. The molecule has 1 amide bonds. The van der Waals surface area contributed by atoms with Gasteiger partial charge in [-0.2, -0.15) is 0 Å². The first kappa shape index (κ1) is 28.1. The van der Waals surface area contributed by atoms with E-state index in [1.54, 1.807) is 12.1 Å². The van der Waals surface area contributed by atoms with Crippen LogP contribution in [0, 0.1) is 11.7 Å². The molecule has 0 unspecified atom stereocenters. The highest BCUT2D eigenvalue weighted by Crippen LogP contribution is 2.24. The fraction of sp³-hybridized carbons (Fsp3) is 0.567. The molecule has 202 valence electrons. The van der Waals surface area contributed by atoms with E-state index in [2.05, 4.69) is 43.0 Å². The highest BCUT2D eigenvalue weighted by molar-refractivity contribution is 7.99. The van der Waals surface area contributed by atoms with E-state index >= 15 is 0 Å². The van der Waals surface area contributed by atoms with E-state index in [-0.39, 0.29) is 24.1 Å². The van der Waals surface area contributed by atoms with E-state index in [1.165, 1.54) is 17.0 Å². The second kappa shape index (κ2) is 14.3. The monoisotopic (exact) mass is 528 g/mol. The van der Waals surface area contributed by atoms with Crippen molar-refractivity contribution in [3.63, 3.8) is 0 Å². The van der Waals surface area contributed by atoms with E-state index in [0.717, 1.165) is 75.4 Å². The number of carbonyl (C=O) groups excluding carboxylic acids is 1. The summed E-state index contributed by atoms with van der Waals surface area (Å²) in [6.07, 6.45) is 4.02. The fourth-order valence-corrected chi connectivity index (χ4v) is 5.75. The van der Waals surface area contributed by atoms with Crippen molar-refractivity contribution in [3.8, 4) is 0 Å². The van der Waals surface area contributed by atoms with E-state index < -0.39 is 0 Å². The van der Waals surface area contributed by atoms with Crippen LogP contribution in [0.5, 0.6) is 0 Å². The molecule has 0 spiro atoms. The maximum atomic E-state index is 13.6. The molecule has 2 fully saturated rings. The van der Waals surface area contributed by atoms with Gasteiger partial charge in [0, 0.05) is 49.3 Å². The third-order valence-electron chi connectivity index (χ3n) is 7.02. The number of ether oxygens (including phenoxy) is 2. The Balaban J connectivity index is 1.35. The van der Waals surface area contributed by atoms with Gasteiger partial charge in [-0.1, -0.05) is 38.1 Å². The highest BCUT2D eigenvalue weighted by Gasteiger charge is 2.28. The topological polar surface area (TPSA) is 42.0 Å². The zero-order valence-corrected chi connectivity index (χ0v) is 23.1. The van der Waals surface area contributed by atoms with Crippen LogP contribution in [-0.4, -0.2) is 66.6 Å². The molecule has 0 radical (unpaired) electrons. The number of amides is 1. The van der Waals surface area contributed by atoms with Crippen LogP contribution in [0.1, 0.15) is 50.7 Å². The molecular formula is C30H41FN2O3S. The van der Waals surface area contributed by atoms with Crippen LogP contribution in [0.25, 0.3) is 0 Å². The lowest BCUT2D eigenvalue weighted by Crippen LogP contribution is -2.48. The highest BCUT2D eigenvalue weighted by atomic mass is 32.2. The maximum Gasteiger partial charge on any atom is 0.227 e. The molecule has 7 heteroatoms. The van der Waals surface area contributed by atoms with E-state index in [9.17, 15) is 9.18 Å². The van der Waals surface area contributed by atoms with Crippen LogP contribution < -0.4 is 0 Å². The number of nitrogens with zero attached hydrogens (tertiary/aromatic N) is 2. The molecule has 2 heterocycles. The first-order valence-corrected chi connectivity index (χ1v) is 14.7. The Hall–Kier alpha value is -1.93.